The lowest BCUT2D eigenvalue weighted by molar-refractivity contribution is -0.130. The summed E-state index contributed by atoms with van der Waals surface area (Å²) in [6, 6.07) is 7.78. The zero-order valence-electron chi connectivity index (χ0n) is 15.1. The van der Waals surface area contributed by atoms with Crippen molar-refractivity contribution in [2.45, 2.75) is 52.6 Å². The van der Waals surface area contributed by atoms with Crippen molar-refractivity contribution in [2.75, 3.05) is 13.1 Å². The summed E-state index contributed by atoms with van der Waals surface area (Å²) >= 11 is 0. The lowest BCUT2D eigenvalue weighted by Gasteiger charge is -2.20. The van der Waals surface area contributed by atoms with Crippen molar-refractivity contribution in [1.82, 2.24) is 10.1 Å². The molecule has 0 radical (unpaired) electrons. The summed E-state index contributed by atoms with van der Waals surface area (Å²) in [4.78, 5) is 14.4. The number of likely N-dealkylation sites (tertiary alicyclic amines) is 1. The van der Waals surface area contributed by atoms with E-state index in [4.69, 9.17) is 9.26 Å². The van der Waals surface area contributed by atoms with Crippen LogP contribution in [0.4, 0.5) is 0 Å². The Balaban J connectivity index is 1.54. The summed E-state index contributed by atoms with van der Waals surface area (Å²) in [6.07, 6.45) is 5.19. The van der Waals surface area contributed by atoms with E-state index >= 15 is 0 Å². The molecule has 134 valence electrons. The third kappa shape index (κ3) is 4.62. The van der Waals surface area contributed by atoms with Gasteiger partial charge in [0.1, 0.15) is 18.1 Å². The number of carbonyl (C=O) groups is 1. The molecule has 0 spiro atoms. The van der Waals surface area contributed by atoms with Gasteiger partial charge in [-0.1, -0.05) is 30.1 Å². The van der Waals surface area contributed by atoms with Crippen LogP contribution in [0.3, 0.4) is 0 Å². The van der Waals surface area contributed by atoms with Gasteiger partial charge in [-0.25, -0.2) is 0 Å². The van der Waals surface area contributed by atoms with E-state index in [0.29, 0.717) is 13.0 Å². The van der Waals surface area contributed by atoms with Crippen LogP contribution in [0.2, 0.25) is 0 Å². The van der Waals surface area contributed by atoms with Gasteiger partial charge in [0.2, 0.25) is 5.91 Å². The molecule has 0 aliphatic carbocycles. The highest BCUT2D eigenvalue weighted by atomic mass is 16.5. The van der Waals surface area contributed by atoms with Crippen LogP contribution in [0.15, 0.2) is 28.8 Å². The van der Waals surface area contributed by atoms with Gasteiger partial charge in [-0.05, 0) is 44.4 Å². The standard InChI is InChI=1S/C20H26N2O3/c1-15-19(16(2)25-21-15)14-24-18-9-7-17(8-10-18)13-20(23)22-11-5-3-4-6-12-22/h7-10H,3-6,11-14H2,1-2H3. The third-order valence-electron chi connectivity index (χ3n) is 4.80. The summed E-state index contributed by atoms with van der Waals surface area (Å²) in [5, 5.41) is 3.93. The summed E-state index contributed by atoms with van der Waals surface area (Å²) in [5.74, 6) is 1.80. The van der Waals surface area contributed by atoms with Crippen LogP contribution in [0.5, 0.6) is 5.75 Å². The second kappa shape index (κ2) is 8.19. The molecule has 5 heteroatoms. The quantitative estimate of drug-likeness (QED) is 0.829. The van der Waals surface area contributed by atoms with Gasteiger partial charge in [-0.3, -0.25) is 4.79 Å². The first-order valence-electron chi connectivity index (χ1n) is 9.05. The minimum atomic E-state index is 0.228. The predicted molar refractivity (Wildman–Crippen MR) is 95.5 cm³/mol. The number of hydrogen-bond donors (Lipinski definition) is 0. The van der Waals surface area contributed by atoms with Gasteiger partial charge < -0.3 is 14.2 Å². The number of rotatable bonds is 5. The van der Waals surface area contributed by atoms with Crippen LogP contribution in [-0.2, 0) is 17.8 Å². The molecule has 0 unspecified atom stereocenters. The van der Waals surface area contributed by atoms with Gasteiger partial charge >= 0.3 is 0 Å². The molecule has 2 aromatic rings. The maximum Gasteiger partial charge on any atom is 0.226 e. The monoisotopic (exact) mass is 342 g/mol. The van der Waals surface area contributed by atoms with Crippen molar-refractivity contribution >= 4 is 5.91 Å². The molecule has 0 N–H and O–H groups in total. The summed E-state index contributed by atoms with van der Waals surface area (Å²) < 4.78 is 11.0. The van der Waals surface area contributed by atoms with Crippen LogP contribution >= 0.6 is 0 Å². The number of aryl methyl sites for hydroxylation is 2. The second-order valence-corrected chi connectivity index (χ2v) is 6.71. The summed E-state index contributed by atoms with van der Waals surface area (Å²) in [5.41, 5.74) is 2.87. The maximum absolute atomic E-state index is 12.4. The fraction of sp³-hybridized carbons (Fsp3) is 0.500. The zero-order valence-corrected chi connectivity index (χ0v) is 15.1. The molecule has 1 aliphatic rings. The highest BCUT2D eigenvalue weighted by Gasteiger charge is 2.16. The van der Waals surface area contributed by atoms with E-state index < -0.39 is 0 Å². The van der Waals surface area contributed by atoms with Crippen molar-refractivity contribution < 1.29 is 14.1 Å². The molecule has 1 aliphatic heterocycles. The van der Waals surface area contributed by atoms with Gasteiger partial charge in [0, 0.05) is 13.1 Å². The summed E-state index contributed by atoms with van der Waals surface area (Å²) in [6.45, 7) is 6.03. The molecule has 3 rings (SSSR count). The van der Waals surface area contributed by atoms with Crippen LogP contribution in [0, 0.1) is 13.8 Å². The molecule has 1 aromatic carbocycles. The average Bonchev–Trinajstić information content (AvgIpc) is 2.83. The number of hydrogen-bond acceptors (Lipinski definition) is 4. The fourth-order valence-electron chi connectivity index (χ4n) is 3.17. The van der Waals surface area contributed by atoms with Crippen molar-refractivity contribution in [3.05, 3.63) is 46.8 Å². The highest BCUT2D eigenvalue weighted by Crippen LogP contribution is 2.19. The van der Waals surface area contributed by atoms with Crippen molar-refractivity contribution in [2.24, 2.45) is 0 Å². The molecule has 0 saturated carbocycles. The van der Waals surface area contributed by atoms with E-state index in [1.54, 1.807) is 0 Å². The Morgan fingerprint density at radius 1 is 1.12 bits per heavy atom. The molecule has 0 bridgehead atoms. The van der Waals surface area contributed by atoms with Crippen LogP contribution < -0.4 is 4.74 Å². The Labute approximate surface area is 148 Å². The molecular weight excluding hydrogens is 316 g/mol. The van der Waals surface area contributed by atoms with Crippen LogP contribution in [-0.4, -0.2) is 29.1 Å². The van der Waals surface area contributed by atoms with Crippen molar-refractivity contribution in [1.29, 1.82) is 0 Å². The first-order chi connectivity index (χ1) is 12.1. The number of amides is 1. The highest BCUT2D eigenvalue weighted by molar-refractivity contribution is 5.78. The van der Waals surface area contributed by atoms with E-state index in [2.05, 4.69) is 5.16 Å². The smallest absolute Gasteiger partial charge is 0.226 e. The van der Waals surface area contributed by atoms with Gasteiger partial charge in [0.25, 0.3) is 0 Å². The van der Waals surface area contributed by atoms with E-state index in [0.717, 1.165) is 54.3 Å². The summed E-state index contributed by atoms with van der Waals surface area (Å²) in [7, 11) is 0. The Hall–Kier alpha value is -2.30. The molecule has 1 fully saturated rings. The van der Waals surface area contributed by atoms with Gasteiger partial charge in [-0.2, -0.15) is 0 Å². The maximum atomic E-state index is 12.4. The second-order valence-electron chi connectivity index (χ2n) is 6.71. The normalized spacial score (nSPS) is 15.0. The molecule has 2 heterocycles. The molecule has 25 heavy (non-hydrogen) atoms. The molecule has 5 nitrogen and oxygen atoms in total. The lowest BCUT2D eigenvalue weighted by Crippen LogP contribution is -2.33. The SMILES string of the molecule is Cc1noc(C)c1COc1ccc(CC(=O)N2CCCCCC2)cc1. The minimum absolute atomic E-state index is 0.228. The number of benzene rings is 1. The molecule has 1 saturated heterocycles. The Bertz CT molecular complexity index is 679. The van der Waals surface area contributed by atoms with Gasteiger partial charge in [0.05, 0.1) is 17.7 Å². The average molecular weight is 342 g/mol. The molecule has 1 aromatic heterocycles. The Morgan fingerprint density at radius 3 is 2.40 bits per heavy atom. The molecular formula is C20H26N2O3. The number of aromatic nitrogens is 1. The van der Waals surface area contributed by atoms with E-state index in [1.165, 1.54) is 12.8 Å². The van der Waals surface area contributed by atoms with E-state index in [1.807, 2.05) is 43.0 Å². The molecule has 0 atom stereocenters. The van der Waals surface area contributed by atoms with Crippen molar-refractivity contribution in [3.8, 4) is 5.75 Å². The first-order valence-corrected chi connectivity index (χ1v) is 9.05. The predicted octanol–water partition coefficient (Wildman–Crippen LogP) is 3.82. The number of nitrogens with zero attached hydrogens (tertiary/aromatic N) is 2. The third-order valence-corrected chi connectivity index (χ3v) is 4.80. The number of ether oxygens (including phenoxy) is 1. The minimum Gasteiger partial charge on any atom is -0.489 e. The van der Waals surface area contributed by atoms with Crippen LogP contribution in [0.25, 0.3) is 0 Å². The van der Waals surface area contributed by atoms with Crippen LogP contribution in [0.1, 0.15) is 48.3 Å². The lowest BCUT2D eigenvalue weighted by atomic mass is 10.1. The van der Waals surface area contributed by atoms with E-state index in [-0.39, 0.29) is 5.91 Å². The zero-order chi connectivity index (χ0) is 17.6. The topological polar surface area (TPSA) is 55.6 Å². The van der Waals surface area contributed by atoms with Crippen molar-refractivity contribution in [3.63, 3.8) is 0 Å². The largest absolute Gasteiger partial charge is 0.489 e. The Morgan fingerprint density at radius 2 is 1.80 bits per heavy atom. The first kappa shape index (κ1) is 17.5. The van der Waals surface area contributed by atoms with Gasteiger partial charge in [0.15, 0.2) is 0 Å². The molecule has 1 amide bonds. The number of carbonyl (C=O) groups excluding carboxylic acids is 1. The van der Waals surface area contributed by atoms with E-state index in [9.17, 15) is 4.79 Å². The Kier molecular flexibility index (Phi) is 5.74. The fourth-order valence-corrected chi connectivity index (χ4v) is 3.17. The van der Waals surface area contributed by atoms with Gasteiger partial charge in [-0.15, -0.1) is 0 Å².